The lowest BCUT2D eigenvalue weighted by molar-refractivity contribution is 0.315. The molecule has 0 amide bonds. The number of aromatic nitrogens is 2. The van der Waals surface area contributed by atoms with E-state index in [0.29, 0.717) is 10.0 Å². The summed E-state index contributed by atoms with van der Waals surface area (Å²) in [6, 6.07) is 24.1. The smallest absolute Gasteiger partial charge is 0.170 e. The molecule has 2 N–H and O–H groups in total. The number of rotatable bonds is 8. The number of benzene rings is 2. The van der Waals surface area contributed by atoms with E-state index in [1.807, 2.05) is 48.7 Å². The van der Waals surface area contributed by atoms with Crippen molar-refractivity contribution in [1.82, 2.24) is 19.8 Å². The number of anilines is 1. The third-order valence-electron chi connectivity index (χ3n) is 6.82. The summed E-state index contributed by atoms with van der Waals surface area (Å²) in [5.41, 5.74) is 6.41. The molecule has 5 rings (SSSR count). The van der Waals surface area contributed by atoms with Gasteiger partial charge in [-0.15, -0.1) is 0 Å². The quantitative estimate of drug-likeness (QED) is 0.179. The standard InChI is InChI=1S/C29H29Cl2N5S/c1-19-17-23(20(2)36(19)26-13-12-21(30)18-24(26)31)28-27(25-11-6-7-14-33-25)34-29(37)35(28)16-8-15-32-22-9-4-3-5-10-22/h3-7,9-14,17-18,27-28,32H,8,15-16H2,1-2H3,(H,34,37)/t27-,28+/m1/s1. The van der Waals surface area contributed by atoms with Crippen LogP contribution in [0.4, 0.5) is 5.69 Å². The molecule has 0 aliphatic carbocycles. The minimum absolute atomic E-state index is 0.00912. The molecule has 3 heterocycles. The van der Waals surface area contributed by atoms with Gasteiger partial charge in [-0.25, -0.2) is 0 Å². The normalized spacial score (nSPS) is 17.2. The minimum atomic E-state index is -0.0644. The van der Waals surface area contributed by atoms with Gasteiger partial charge in [-0.2, -0.15) is 0 Å². The van der Waals surface area contributed by atoms with Gasteiger partial charge in [0.2, 0.25) is 0 Å². The van der Waals surface area contributed by atoms with Crippen LogP contribution in [0.1, 0.15) is 41.1 Å². The third-order valence-corrected chi connectivity index (χ3v) is 7.71. The van der Waals surface area contributed by atoms with Crippen molar-refractivity contribution in [3.8, 4) is 5.69 Å². The Labute approximate surface area is 233 Å². The summed E-state index contributed by atoms with van der Waals surface area (Å²) in [7, 11) is 0. The first-order valence-corrected chi connectivity index (χ1v) is 13.5. The van der Waals surface area contributed by atoms with Crippen LogP contribution in [-0.2, 0) is 0 Å². The van der Waals surface area contributed by atoms with Crippen LogP contribution < -0.4 is 10.6 Å². The van der Waals surface area contributed by atoms with Crippen molar-refractivity contribution in [3.05, 3.63) is 112 Å². The highest BCUT2D eigenvalue weighted by Crippen LogP contribution is 2.42. The van der Waals surface area contributed by atoms with Crippen molar-refractivity contribution in [2.24, 2.45) is 0 Å². The van der Waals surface area contributed by atoms with E-state index in [4.69, 9.17) is 35.4 Å². The number of pyridine rings is 1. The minimum Gasteiger partial charge on any atom is -0.385 e. The van der Waals surface area contributed by atoms with Gasteiger partial charge in [-0.05, 0) is 86.6 Å². The average molecular weight is 551 g/mol. The lowest BCUT2D eigenvalue weighted by atomic mass is 9.96. The average Bonchev–Trinajstić information content (AvgIpc) is 3.38. The van der Waals surface area contributed by atoms with Crippen molar-refractivity contribution in [1.29, 1.82) is 0 Å². The molecule has 2 atom stereocenters. The molecule has 0 radical (unpaired) electrons. The summed E-state index contributed by atoms with van der Waals surface area (Å²) in [5, 5.41) is 9.05. The predicted molar refractivity (Wildman–Crippen MR) is 157 cm³/mol. The molecule has 2 aromatic heterocycles. The summed E-state index contributed by atoms with van der Waals surface area (Å²) in [5.74, 6) is 0. The van der Waals surface area contributed by atoms with Gasteiger partial charge in [0.05, 0.1) is 28.5 Å². The van der Waals surface area contributed by atoms with Crippen LogP contribution in [0.15, 0.2) is 79.0 Å². The Morgan fingerprint density at radius 2 is 1.78 bits per heavy atom. The molecule has 1 fully saturated rings. The van der Waals surface area contributed by atoms with Crippen LogP contribution in [0, 0.1) is 13.8 Å². The van der Waals surface area contributed by atoms with Gasteiger partial charge in [-0.3, -0.25) is 4.98 Å². The second-order valence-corrected chi connectivity index (χ2v) is 10.5. The van der Waals surface area contributed by atoms with Crippen LogP contribution in [0.3, 0.4) is 0 Å². The first-order valence-electron chi connectivity index (χ1n) is 12.4. The Balaban J connectivity index is 1.47. The molecule has 37 heavy (non-hydrogen) atoms. The molecule has 0 unspecified atom stereocenters. The zero-order valence-electron chi connectivity index (χ0n) is 20.8. The van der Waals surface area contributed by atoms with Gasteiger partial charge < -0.3 is 20.1 Å². The fraction of sp³-hybridized carbons (Fsp3) is 0.241. The first-order chi connectivity index (χ1) is 17.9. The Morgan fingerprint density at radius 1 is 1.00 bits per heavy atom. The van der Waals surface area contributed by atoms with Gasteiger partial charge >= 0.3 is 0 Å². The first kappa shape index (κ1) is 25.6. The van der Waals surface area contributed by atoms with Gasteiger partial charge in [0.1, 0.15) is 0 Å². The zero-order chi connectivity index (χ0) is 25.9. The Bertz CT molecular complexity index is 1390. The molecule has 0 saturated carbocycles. The molecule has 2 aromatic carbocycles. The molecule has 1 aliphatic heterocycles. The molecule has 1 saturated heterocycles. The second-order valence-electron chi connectivity index (χ2n) is 9.22. The van der Waals surface area contributed by atoms with E-state index in [-0.39, 0.29) is 12.1 Å². The van der Waals surface area contributed by atoms with E-state index in [9.17, 15) is 0 Å². The molecule has 0 spiro atoms. The molecule has 190 valence electrons. The third kappa shape index (κ3) is 5.33. The van der Waals surface area contributed by atoms with Crippen LogP contribution in [0.2, 0.25) is 10.0 Å². The summed E-state index contributed by atoms with van der Waals surface area (Å²) >= 11 is 18.7. The van der Waals surface area contributed by atoms with E-state index in [1.165, 1.54) is 5.56 Å². The number of nitrogens with one attached hydrogen (secondary N) is 2. The number of hydrogen-bond acceptors (Lipinski definition) is 3. The number of nitrogens with zero attached hydrogens (tertiary/aromatic N) is 3. The van der Waals surface area contributed by atoms with Gasteiger partial charge in [-0.1, -0.05) is 47.5 Å². The Hall–Kier alpha value is -3.06. The molecule has 4 aromatic rings. The summed E-state index contributed by atoms with van der Waals surface area (Å²) < 4.78 is 2.19. The molecule has 1 aliphatic rings. The number of thiocarbonyl (C=S) groups is 1. The number of hydrogen-bond donors (Lipinski definition) is 2. The van der Waals surface area contributed by atoms with Crippen molar-refractivity contribution in [3.63, 3.8) is 0 Å². The monoisotopic (exact) mass is 549 g/mol. The van der Waals surface area contributed by atoms with E-state index < -0.39 is 0 Å². The van der Waals surface area contributed by atoms with E-state index in [1.54, 1.807) is 6.07 Å². The van der Waals surface area contributed by atoms with Gasteiger partial charge in [0.25, 0.3) is 0 Å². The topological polar surface area (TPSA) is 45.1 Å². The predicted octanol–water partition coefficient (Wildman–Crippen LogP) is 7.27. The molecular weight excluding hydrogens is 521 g/mol. The summed E-state index contributed by atoms with van der Waals surface area (Å²) in [6.07, 6.45) is 2.77. The maximum absolute atomic E-state index is 6.62. The van der Waals surface area contributed by atoms with Crippen LogP contribution >= 0.6 is 35.4 Å². The molecule has 5 nitrogen and oxygen atoms in total. The highest BCUT2D eigenvalue weighted by molar-refractivity contribution is 7.80. The highest BCUT2D eigenvalue weighted by Gasteiger charge is 2.41. The van der Waals surface area contributed by atoms with Crippen molar-refractivity contribution < 1.29 is 0 Å². The SMILES string of the molecule is Cc1cc([C@H]2[C@@H](c3ccccn3)NC(=S)N2CCCNc2ccccc2)c(C)n1-c1ccc(Cl)cc1Cl. The van der Waals surface area contributed by atoms with E-state index in [2.05, 4.69) is 63.2 Å². The highest BCUT2D eigenvalue weighted by atomic mass is 35.5. The fourth-order valence-corrected chi connectivity index (χ4v) is 5.97. The summed E-state index contributed by atoms with van der Waals surface area (Å²) in [4.78, 5) is 6.98. The van der Waals surface area contributed by atoms with E-state index in [0.717, 1.165) is 53.1 Å². The molecule has 0 bridgehead atoms. The lowest BCUT2D eigenvalue weighted by Gasteiger charge is -2.28. The maximum Gasteiger partial charge on any atom is 0.170 e. The second kappa shape index (κ2) is 11.1. The van der Waals surface area contributed by atoms with Gasteiger partial charge in [0, 0.05) is 41.4 Å². The molecule has 8 heteroatoms. The van der Waals surface area contributed by atoms with Crippen LogP contribution in [0.5, 0.6) is 0 Å². The Kier molecular flexibility index (Phi) is 7.70. The largest absolute Gasteiger partial charge is 0.385 e. The fourth-order valence-electron chi connectivity index (χ4n) is 5.14. The Morgan fingerprint density at radius 3 is 2.51 bits per heavy atom. The van der Waals surface area contributed by atoms with Crippen LogP contribution in [-0.4, -0.2) is 32.7 Å². The van der Waals surface area contributed by atoms with Crippen LogP contribution in [0.25, 0.3) is 5.69 Å². The van der Waals surface area contributed by atoms with Crippen molar-refractivity contribution >= 4 is 46.2 Å². The van der Waals surface area contributed by atoms with Crippen molar-refractivity contribution in [2.75, 3.05) is 18.4 Å². The number of halogens is 2. The maximum atomic E-state index is 6.62. The molecular formula is C29H29Cl2N5S. The van der Waals surface area contributed by atoms with E-state index >= 15 is 0 Å². The zero-order valence-corrected chi connectivity index (χ0v) is 23.1. The van der Waals surface area contributed by atoms with Crippen molar-refractivity contribution in [2.45, 2.75) is 32.4 Å². The van der Waals surface area contributed by atoms with Gasteiger partial charge in [0.15, 0.2) is 5.11 Å². The lowest BCUT2D eigenvalue weighted by Crippen LogP contribution is -2.31. The number of aryl methyl sites for hydroxylation is 1. The summed E-state index contributed by atoms with van der Waals surface area (Å²) in [6.45, 7) is 5.90. The number of para-hydroxylation sites is 1.